The average molecular weight is 1000 g/mol. The lowest BCUT2D eigenvalue weighted by molar-refractivity contribution is -0.141. The number of methoxy groups -OCH3 is 4. The highest BCUT2D eigenvalue weighted by atomic mass is 32.2. The molecule has 0 radical (unpaired) electrons. The molecular weight excluding hydrogens is 934 g/mol. The van der Waals surface area contributed by atoms with Crippen molar-refractivity contribution in [2.24, 2.45) is 0 Å². The second-order valence-corrected chi connectivity index (χ2v) is 21.1. The average Bonchev–Trinajstić information content (AvgIpc) is 3.69. The molecule has 384 valence electrons. The summed E-state index contributed by atoms with van der Waals surface area (Å²) < 4.78 is 120. The monoisotopic (exact) mass is 1000 g/mol. The third-order valence-corrected chi connectivity index (χ3v) is 13.9. The van der Waals surface area contributed by atoms with Crippen LogP contribution in [0.25, 0.3) is 0 Å². The van der Waals surface area contributed by atoms with E-state index in [4.69, 9.17) is 37.4 Å². The van der Waals surface area contributed by atoms with Crippen LogP contribution in [0.3, 0.4) is 0 Å². The molecule has 0 N–H and O–H groups in total. The number of aryl methyl sites for hydroxylation is 2. The van der Waals surface area contributed by atoms with E-state index in [2.05, 4.69) is 13.7 Å². The first-order valence-corrected chi connectivity index (χ1v) is 23.4. The van der Waals surface area contributed by atoms with Gasteiger partial charge in [-0.25, -0.2) is 0 Å². The Morgan fingerprint density at radius 1 is 0.536 bits per heavy atom. The molecule has 3 heterocycles. The predicted octanol–water partition coefficient (Wildman–Crippen LogP) is 7.06. The summed E-state index contributed by atoms with van der Waals surface area (Å²) in [7, 11) is -2.44. The molecule has 0 amide bonds. The molecule has 0 aromatic heterocycles. The van der Waals surface area contributed by atoms with E-state index >= 15 is 0 Å². The number of carbonyl (C=O) groups is 4. The minimum atomic E-state index is -5.98. The van der Waals surface area contributed by atoms with Crippen molar-refractivity contribution in [3.8, 4) is 17.2 Å². The largest absolute Gasteiger partial charge is 0.534 e. The number of esters is 2. The zero-order valence-electron chi connectivity index (χ0n) is 42.9. The topological polar surface area (TPSA) is 204 Å². The standard InChI is InChI=1S/C19H27BO6.C14H15F3O7S.C12H24B2O4/c1-12-10-13(23-6)11-14(17(12)15(21)8-9-16(22)24-7)20-25-18(2,3)19(4,5)26-20;1-8-6-9(22-2)7-11(24-25(20,21)14(15,16)17)13(8)10(18)4-5-12(19)23-3;1-9(2)10(3,4)16-13(15-9)14-17-11(5,6)12(7,8)18-14/h10-11H,8-9H2,1-7H3;6-7H,4-5H2,1-3H3;1-8H3. The highest BCUT2D eigenvalue weighted by Crippen LogP contribution is 2.43. The first-order valence-electron chi connectivity index (χ1n) is 22.0. The number of Topliss-reactive ketones (excluding diaryl/α,β-unsaturated/α-hetero) is 2. The van der Waals surface area contributed by atoms with Gasteiger partial charge in [-0.05, 0) is 132 Å². The zero-order valence-corrected chi connectivity index (χ0v) is 43.7. The number of alkyl halides is 3. The molecule has 24 heteroatoms. The summed E-state index contributed by atoms with van der Waals surface area (Å²) in [6.07, 6.45) is -0.634. The predicted molar refractivity (Wildman–Crippen MR) is 250 cm³/mol. The van der Waals surface area contributed by atoms with E-state index in [0.717, 1.165) is 18.7 Å². The molecule has 3 saturated heterocycles. The summed E-state index contributed by atoms with van der Waals surface area (Å²) in [6.45, 7) is 27.2. The van der Waals surface area contributed by atoms with E-state index in [-0.39, 0.29) is 58.8 Å². The van der Waals surface area contributed by atoms with Crippen molar-refractivity contribution >= 4 is 60.2 Å². The smallest absolute Gasteiger partial charge is 0.497 e. The van der Waals surface area contributed by atoms with Gasteiger partial charge in [0.25, 0.3) is 0 Å². The lowest BCUT2D eigenvalue weighted by Crippen LogP contribution is -2.41. The quantitative estimate of drug-likeness (QED) is 0.0611. The van der Waals surface area contributed by atoms with Crippen molar-refractivity contribution in [2.45, 2.75) is 162 Å². The van der Waals surface area contributed by atoms with Crippen molar-refractivity contribution < 1.29 is 91.8 Å². The van der Waals surface area contributed by atoms with Gasteiger partial charge < -0.3 is 51.1 Å². The van der Waals surface area contributed by atoms with Crippen LogP contribution in [0.5, 0.6) is 17.2 Å². The van der Waals surface area contributed by atoms with Gasteiger partial charge in [-0.15, -0.1) is 0 Å². The number of ether oxygens (including phenoxy) is 4. The van der Waals surface area contributed by atoms with Gasteiger partial charge in [0.15, 0.2) is 17.3 Å². The van der Waals surface area contributed by atoms with Crippen LogP contribution >= 0.6 is 0 Å². The molecule has 0 aliphatic carbocycles. The summed E-state index contributed by atoms with van der Waals surface area (Å²) >= 11 is 0. The Labute approximate surface area is 404 Å². The third-order valence-electron chi connectivity index (χ3n) is 13.0. The molecule has 3 aliphatic rings. The van der Waals surface area contributed by atoms with Crippen LogP contribution in [0.1, 0.15) is 141 Å². The van der Waals surface area contributed by atoms with Crippen LogP contribution in [-0.4, -0.2) is 121 Å². The number of halogens is 3. The number of hydrogen-bond donors (Lipinski definition) is 0. The van der Waals surface area contributed by atoms with Crippen LogP contribution in [0.4, 0.5) is 13.2 Å². The maximum absolute atomic E-state index is 12.8. The van der Waals surface area contributed by atoms with Gasteiger partial charge in [0.1, 0.15) is 11.5 Å². The molecule has 17 nitrogen and oxygen atoms in total. The normalized spacial score (nSPS) is 19.3. The van der Waals surface area contributed by atoms with Crippen LogP contribution in [0.15, 0.2) is 24.3 Å². The molecule has 0 spiro atoms. The van der Waals surface area contributed by atoms with Crippen molar-refractivity contribution in [3.05, 3.63) is 46.5 Å². The summed E-state index contributed by atoms with van der Waals surface area (Å²) in [5.41, 5.74) is -6.55. The van der Waals surface area contributed by atoms with E-state index in [1.54, 1.807) is 19.2 Å². The fraction of sp³-hybridized carbons (Fsp3) is 0.644. The zero-order chi connectivity index (χ0) is 53.1. The minimum Gasteiger partial charge on any atom is -0.497 e. The van der Waals surface area contributed by atoms with Gasteiger partial charge in [-0.3, -0.25) is 19.2 Å². The lowest BCUT2D eigenvalue weighted by atomic mass is 9.49. The van der Waals surface area contributed by atoms with Crippen LogP contribution in [0.2, 0.25) is 0 Å². The van der Waals surface area contributed by atoms with Crippen molar-refractivity contribution in [2.75, 3.05) is 28.4 Å². The Morgan fingerprint density at radius 3 is 1.22 bits per heavy atom. The SMILES string of the molecule is CC1(C)OB(B2OC(C)(C)C(C)(C)O2)OC1(C)C.COC(=O)CCC(=O)c1c(C)cc(OC)cc1B1OC(C)(C)C(C)(C)O1.COC(=O)CCC(=O)c1c(C)cc(OC)cc1OS(=O)(=O)C(F)(F)F. The maximum atomic E-state index is 12.8. The van der Waals surface area contributed by atoms with Gasteiger partial charge in [0.2, 0.25) is 0 Å². The van der Waals surface area contributed by atoms with Gasteiger partial charge >= 0.3 is 48.7 Å². The van der Waals surface area contributed by atoms with Crippen LogP contribution in [-0.2, 0) is 57.1 Å². The highest BCUT2D eigenvalue weighted by molar-refractivity contribution is 7.88. The van der Waals surface area contributed by atoms with E-state index in [9.17, 15) is 40.8 Å². The molecule has 2 aromatic carbocycles. The number of benzene rings is 2. The van der Waals surface area contributed by atoms with Gasteiger partial charge in [0, 0.05) is 24.5 Å². The number of rotatable bonds is 14. The minimum absolute atomic E-state index is 0.00519. The van der Waals surface area contributed by atoms with Crippen molar-refractivity contribution in [3.63, 3.8) is 0 Å². The Kier molecular flexibility index (Phi) is 18.6. The van der Waals surface area contributed by atoms with Gasteiger partial charge in [0.05, 0.1) is 80.5 Å². The highest BCUT2D eigenvalue weighted by Gasteiger charge is 2.64. The summed E-state index contributed by atoms with van der Waals surface area (Å²) in [4.78, 5) is 47.6. The van der Waals surface area contributed by atoms with E-state index in [1.165, 1.54) is 27.2 Å². The molecule has 0 unspecified atom stereocenters. The molecule has 0 saturated carbocycles. The van der Waals surface area contributed by atoms with Crippen LogP contribution in [0, 0.1) is 13.8 Å². The molecule has 5 rings (SSSR count). The molecule has 3 aliphatic heterocycles. The Bertz CT molecular complexity index is 2250. The Balaban J connectivity index is 0.000000278. The second-order valence-electron chi connectivity index (χ2n) is 19.5. The van der Waals surface area contributed by atoms with Crippen LogP contribution < -0.4 is 19.1 Å². The summed E-state index contributed by atoms with van der Waals surface area (Å²) in [5, 5.41) is 0. The molecule has 2 aromatic rings. The second kappa shape index (κ2) is 21.7. The third kappa shape index (κ3) is 13.8. The van der Waals surface area contributed by atoms with E-state index < -0.39 is 83.4 Å². The maximum Gasteiger partial charge on any atom is 0.534 e. The fourth-order valence-corrected chi connectivity index (χ4v) is 7.21. The fourth-order valence-electron chi connectivity index (χ4n) is 6.75. The first kappa shape index (κ1) is 59.1. The molecule has 3 fully saturated rings. The summed E-state index contributed by atoms with van der Waals surface area (Å²) in [6, 6.07) is 5.72. The number of ketones is 2. The molecule has 0 atom stereocenters. The molecule has 69 heavy (non-hydrogen) atoms. The van der Waals surface area contributed by atoms with E-state index in [0.29, 0.717) is 16.8 Å². The first-order chi connectivity index (χ1) is 31.3. The summed E-state index contributed by atoms with van der Waals surface area (Å²) in [5.74, 6) is -2.26. The van der Waals surface area contributed by atoms with Crippen molar-refractivity contribution in [1.82, 2.24) is 0 Å². The van der Waals surface area contributed by atoms with Gasteiger partial charge in [-0.2, -0.15) is 21.6 Å². The van der Waals surface area contributed by atoms with E-state index in [1.807, 2.05) is 90.0 Å². The lowest BCUT2D eigenvalue weighted by Gasteiger charge is -2.32. The number of hydrogen-bond acceptors (Lipinski definition) is 17. The number of carbonyl (C=O) groups excluding carboxylic acids is 4. The molecule has 0 bridgehead atoms. The molecular formula is C45H66B3F3O17S. The Morgan fingerprint density at radius 2 is 0.870 bits per heavy atom. The van der Waals surface area contributed by atoms with Gasteiger partial charge in [-0.1, -0.05) is 0 Å². The Hall–Kier alpha value is -4.19. The van der Waals surface area contributed by atoms with Crippen molar-refractivity contribution in [1.29, 1.82) is 0 Å².